The normalized spacial score (nSPS) is 16.4. The minimum Gasteiger partial charge on any atom is -0.349 e. The van der Waals surface area contributed by atoms with Gasteiger partial charge >= 0.3 is 0 Å². The van der Waals surface area contributed by atoms with Crippen LogP contribution in [0, 0.1) is 25.2 Å². The second-order valence-corrected chi connectivity index (χ2v) is 6.23. The highest BCUT2D eigenvalue weighted by Crippen LogP contribution is 2.34. The number of aryl methyl sites for hydroxylation is 1. The summed E-state index contributed by atoms with van der Waals surface area (Å²) in [6, 6.07) is 2.28. The minimum atomic E-state index is -0.0721. The molecule has 0 spiro atoms. The van der Waals surface area contributed by atoms with Gasteiger partial charge in [-0.3, -0.25) is 5.10 Å². The maximum atomic E-state index is 9.48. The summed E-state index contributed by atoms with van der Waals surface area (Å²) in [7, 11) is 0. The largest absolute Gasteiger partial charge is 0.349 e. The van der Waals surface area contributed by atoms with Crippen LogP contribution in [-0.2, 0) is 12.0 Å². The lowest BCUT2D eigenvalue weighted by Crippen LogP contribution is -2.43. The highest BCUT2D eigenvalue weighted by atomic mass is 15.3. The molecule has 0 saturated carbocycles. The lowest BCUT2D eigenvalue weighted by molar-refractivity contribution is 0.461. The molecule has 0 bridgehead atoms. The summed E-state index contributed by atoms with van der Waals surface area (Å²) in [5, 5.41) is 25.2. The van der Waals surface area contributed by atoms with Gasteiger partial charge in [0.2, 0.25) is 0 Å². The zero-order valence-corrected chi connectivity index (χ0v) is 12.7. The molecule has 0 saturated heterocycles. The number of aromatic amines is 1. The van der Waals surface area contributed by atoms with E-state index in [1.54, 1.807) is 0 Å². The molecule has 21 heavy (non-hydrogen) atoms. The Morgan fingerprint density at radius 1 is 1.33 bits per heavy atom. The van der Waals surface area contributed by atoms with Crippen LogP contribution in [-0.4, -0.2) is 26.9 Å². The molecule has 0 atom stereocenters. The van der Waals surface area contributed by atoms with Gasteiger partial charge in [0, 0.05) is 29.8 Å². The van der Waals surface area contributed by atoms with E-state index in [2.05, 4.69) is 45.2 Å². The van der Waals surface area contributed by atoms with Crippen molar-refractivity contribution in [3.63, 3.8) is 0 Å². The Hall–Kier alpha value is -2.42. The van der Waals surface area contributed by atoms with Gasteiger partial charge < -0.3 is 4.90 Å². The van der Waals surface area contributed by atoms with Crippen LogP contribution in [0.5, 0.6) is 0 Å². The average Bonchev–Trinajstić information content (AvgIpc) is 2.90. The molecule has 0 unspecified atom stereocenters. The highest BCUT2D eigenvalue weighted by Gasteiger charge is 2.35. The van der Waals surface area contributed by atoms with Crippen molar-refractivity contribution in [3.8, 4) is 6.07 Å². The van der Waals surface area contributed by atoms with E-state index in [9.17, 15) is 5.26 Å². The zero-order valence-electron chi connectivity index (χ0n) is 12.7. The number of hydrogen-bond acceptors (Lipinski definition) is 5. The molecule has 0 radical (unpaired) electrons. The van der Waals surface area contributed by atoms with E-state index in [1.807, 2.05) is 20.0 Å². The van der Waals surface area contributed by atoms with Crippen molar-refractivity contribution in [1.29, 1.82) is 5.26 Å². The van der Waals surface area contributed by atoms with Gasteiger partial charge in [-0.25, -0.2) is 0 Å². The Balaban J connectivity index is 2.08. The molecular weight excluding hydrogens is 264 g/mol. The summed E-state index contributed by atoms with van der Waals surface area (Å²) in [5.74, 6) is 0.667. The van der Waals surface area contributed by atoms with Crippen molar-refractivity contribution in [2.24, 2.45) is 0 Å². The van der Waals surface area contributed by atoms with Crippen molar-refractivity contribution in [1.82, 2.24) is 20.4 Å². The zero-order chi connectivity index (χ0) is 15.2. The van der Waals surface area contributed by atoms with Gasteiger partial charge in [-0.2, -0.15) is 15.5 Å². The van der Waals surface area contributed by atoms with E-state index in [-0.39, 0.29) is 5.41 Å². The Morgan fingerprint density at radius 2 is 2.10 bits per heavy atom. The molecule has 0 aliphatic carbocycles. The Bertz CT molecular complexity index is 737. The lowest BCUT2D eigenvalue weighted by Gasteiger charge is -2.38. The van der Waals surface area contributed by atoms with Crippen LogP contribution < -0.4 is 4.90 Å². The van der Waals surface area contributed by atoms with E-state index in [0.29, 0.717) is 17.9 Å². The van der Waals surface area contributed by atoms with Crippen molar-refractivity contribution in [3.05, 3.63) is 34.3 Å². The third-order valence-corrected chi connectivity index (χ3v) is 4.19. The molecule has 108 valence electrons. The summed E-state index contributed by atoms with van der Waals surface area (Å²) in [5.41, 5.74) is 4.56. The van der Waals surface area contributed by atoms with Crippen LogP contribution >= 0.6 is 0 Å². The molecule has 2 aromatic rings. The number of anilines is 1. The topological polar surface area (TPSA) is 81.5 Å². The number of nitrogens with one attached hydrogen (secondary N) is 1. The van der Waals surface area contributed by atoms with Gasteiger partial charge in [0.25, 0.3) is 0 Å². The number of rotatable bonds is 1. The van der Waals surface area contributed by atoms with E-state index >= 15 is 0 Å². The van der Waals surface area contributed by atoms with Crippen LogP contribution in [0.3, 0.4) is 0 Å². The van der Waals surface area contributed by atoms with Gasteiger partial charge in [0.05, 0.1) is 11.9 Å². The molecule has 6 nitrogen and oxygen atoms in total. The molecule has 0 amide bonds. The van der Waals surface area contributed by atoms with E-state index in [4.69, 9.17) is 0 Å². The number of fused-ring (bicyclic) bond motifs is 1. The molecule has 1 aliphatic heterocycles. The Morgan fingerprint density at radius 3 is 2.81 bits per heavy atom. The van der Waals surface area contributed by atoms with Gasteiger partial charge in [0.1, 0.15) is 11.6 Å². The standard InChI is InChI=1S/C15H18N6/c1-9-10(2)18-20-14(12(9)5-16)21-7-11-6-17-19-13(11)15(3,4)8-21/h6H,7-8H2,1-4H3,(H,17,19). The maximum absolute atomic E-state index is 9.48. The molecule has 0 fully saturated rings. The van der Waals surface area contributed by atoms with Crippen molar-refractivity contribution >= 4 is 5.82 Å². The third kappa shape index (κ3) is 2.05. The highest BCUT2D eigenvalue weighted by molar-refractivity contribution is 5.59. The molecule has 3 rings (SSSR count). The predicted molar refractivity (Wildman–Crippen MR) is 78.9 cm³/mol. The number of hydrogen-bond donors (Lipinski definition) is 1. The van der Waals surface area contributed by atoms with Crippen LogP contribution in [0.1, 0.15) is 41.9 Å². The van der Waals surface area contributed by atoms with Crippen LogP contribution in [0.4, 0.5) is 5.82 Å². The monoisotopic (exact) mass is 282 g/mol. The summed E-state index contributed by atoms with van der Waals surface area (Å²) in [4.78, 5) is 2.12. The van der Waals surface area contributed by atoms with Crippen LogP contribution in [0.2, 0.25) is 0 Å². The average molecular weight is 282 g/mol. The van der Waals surface area contributed by atoms with Gasteiger partial charge in [-0.15, -0.1) is 5.10 Å². The molecule has 0 aromatic carbocycles. The van der Waals surface area contributed by atoms with E-state index < -0.39 is 0 Å². The first-order chi connectivity index (χ1) is 9.94. The summed E-state index contributed by atoms with van der Waals surface area (Å²) in [6.07, 6.45) is 1.85. The van der Waals surface area contributed by atoms with Gasteiger partial charge in [0.15, 0.2) is 5.82 Å². The number of nitrogens with zero attached hydrogens (tertiary/aromatic N) is 5. The quantitative estimate of drug-likeness (QED) is 0.865. The molecule has 1 N–H and O–H groups in total. The third-order valence-electron chi connectivity index (χ3n) is 4.19. The van der Waals surface area contributed by atoms with Crippen molar-refractivity contribution < 1.29 is 0 Å². The first-order valence-electron chi connectivity index (χ1n) is 6.95. The number of aromatic nitrogens is 4. The Labute approximate surface area is 123 Å². The summed E-state index contributed by atoms with van der Waals surface area (Å²) < 4.78 is 0. The Kier molecular flexibility index (Phi) is 2.94. The summed E-state index contributed by atoms with van der Waals surface area (Å²) in [6.45, 7) is 9.59. The number of H-pyrrole nitrogens is 1. The molecular formula is C15H18N6. The van der Waals surface area contributed by atoms with Gasteiger partial charge in [-0.05, 0) is 19.4 Å². The van der Waals surface area contributed by atoms with Crippen molar-refractivity contribution in [2.75, 3.05) is 11.4 Å². The second kappa shape index (κ2) is 4.55. The molecule has 6 heteroatoms. The first-order valence-corrected chi connectivity index (χ1v) is 6.95. The summed E-state index contributed by atoms with van der Waals surface area (Å²) >= 11 is 0. The first kappa shape index (κ1) is 13.6. The number of nitriles is 1. The molecule has 2 aromatic heterocycles. The van der Waals surface area contributed by atoms with Crippen LogP contribution in [0.25, 0.3) is 0 Å². The maximum Gasteiger partial charge on any atom is 0.169 e. The van der Waals surface area contributed by atoms with Crippen molar-refractivity contribution in [2.45, 2.75) is 39.7 Å². The van der Waals surface area contributed by atoms with Gasteiger partial charge in [-0.1, -0.05) is 13.8 Å². The predicted octanol–water partition coefficient (Wildman–Crippen LogP) is 1.99. The molecule has 1 aliphatic rings. The van der Waals surface area contributed by atoms with E-state index in [1.165, 1.54) is 0 Å². The minimum absolute atomic E-state index is 0.0721. The fourth-order valence-electron chi connectivity index (χ4n) is 2.94. The van der Waals surface area contributed by atoms with E-state index in [0.717, 1.165) is 29.1 Å². The second-order valence-electron chi connectivity index (χ2n) is 6.23. The fourth-order valence-corrected chi connectivity index (χ4v) is 2.94. The SMILES string of the molecule is Cc1nnc(N2Cc3cn[nH]c3C(C)(C)C2)c(C#N)c1C. The molecule has 3 heterocycles. The fraction of sp³-hybridized carbons (Fsp3) is 0.467. The van der Waals surface area contributed by atoms with Crippen LogP contribution in [0.15, 0.2) is 6.20 Å². The smallest absolute Gasteiger partial charge is 0.169 e. The lowest BCUT2D eigenvalue weighted by atomic mass is 9.83.